The molecule has 0 aliphatic rings. The van der Waals surface area contributed by atoms with Crippen molar-refractivity contribution in [2.45, 2.75) is 13.3 Å². The van der Waals surface area contributed by atoms with Crippen LogP contribution in [0.15, 0.2) is 35.4 Å². The van der Waals surface area contributed by atoms with E-state index < -0.39 is 0 Å². The number of aryl methyl sites for hydroxylation is 1. The first-order valence-corrected chi connectivity index (χ1v) is 4.53. The van der Waals surface area contributed by atoms with E-state index in [0.29, 0.717) is 0 Å². The van der Waals surface area contributed by atoms with Crippen molar-refractivity contribution in [3.8, 4) is 5.69 Å². The third-order valence-corrected chi connectivity index (χ3v) is 2.14. The maximum Gasteiger partial charge on any atom is 0.347 e. The fourth-order valence-electron chi connectivity index (χ4n) is 1.31. The number of nitrogens with one attached hydrogen (secondary N) is 1. The van der Waals surface area contributed by atoms with Gasteiger partial charge in [0.1, 0.15) is 6.33 Å². The molecule has 0 radical (unpaired) electrons. The molecule has 0 aliphatic heterocycles. The van der Waals surface area contributed by atoms with Crippen molar-refractivity contribution >= 4 is 0 Å². The number of H-pyrrole nitrogens is 1. The zero-order valence-corrected chi connectivity index (χ0v) is 7.90. The summed E-state index contributed by atoms with van der Waals surface area (Å²) in [6.07, 6.45) is 2.38. The third kappa shape index (κ3) is 1.46. The molecular formula is C10H11N3O. The van der Waals surface area contributed by atoms with E-state index in [1.54, 1.807) is 0 Å². The average Bonchev–Trinajstić information content (AvgIpc) is 2.65. The van der Waals surface area contributed by atoms with Crippen LogP contribution in [0.5, 0.6) is 0 Å². The van der Waals surface area contributed by atoms with Crippen LogP contribution >= 0.6 is 0 Å². The third-order valence-electron chi connectivity index (χ3n) is 2.14. The lowest BCUT2D eigenvalue weighted by Crippen LogP contribution is -2.15. The van der Waals surface area contributed by atoms with Crippen molar-refractivity contribution in [2.24, 2.45) is 0 Å². The quantitative estimate of drug-likeness (QED) is 0.769. The highest BCUT2D eigenvalue weighted by atomic mass is 16.1. The summed E-state index contributed by atoms with van der Waals surface area (Å²) in [5, 5.41) is 3.89. The van der Waals surface area contributed by atoms with Gasteiger partial charge in [-0.2, -0.15) is 9.78 Å². The molecular weight excluding hydrogens is 178 g/mol. The SMILES string of the molecule is CCc1ccc(-n2nc[nH]c2=O)cc1. The second kappa shape index (κ2) is 3.49. The number of benzene rings is 1. The number of rotatable bonds is 2. The zero-order valence-electron chi connectivity index (χ0n) is 7.90. The summed E-state index contributed by atoms with van der Waals surface area (Å²) in [5.41, 5.74) is 1.82. The molecule has 0 atom stereocenters. The van der Waals surface area contributed by atoms with Gasteiger partial charge < -0.3 is 0 Å². The van der Waals surface area contributed by atoms with Gasteiger partial charge in [0.2, 0.25) is 0 Å². The molecule has 0 bridgehead atoms. The molecule has 14 heavy (non-hydrogen) atoms. The van der Waals surface area contributed by atoms with Gasteiger partial charge in [-0.3, -0.25) is 4.98 Å². The number of aromatic amines is 1. The first kappa shape index (κ1) is 8.74. The van der Waals surface area contributed by atoms with Crippen LogP contribution < -0.4 is 5.69 Å². The van der Waals surface area contributed by atoms with Gasteiger partial charge in [0.15, 0.2) is 0 Å². The Balaban J connectivity index is 2.44. The Labute approximate surface area is 81.2 Å². The minimum atomic E-state index is -0.214. The summed E-state index contributed by atoms with van der Waals surface area (Å²) in [7, 11) is 0. The van der Waals surface area contributed by atoms with Crippen LogP contribution in [0.4, 0.5) is 0 Å². The fraction of sp³-hybridized carbons (Fsp3) is 0.200. The van der Waals surface area contributed by atoms with Gasteiger partial charge in [-0.25, -0.2) is 4.79 Å². The summed E-state index contributed by atoms with van der Waals surface area (Å²) in [5.74, 6) is 0. The lowest BCUT2D eigenvalue weighted by molar-refractivity contribution is 0.842. The maximum absolute atomic E-state index is 11.2. The van der Waals surface area contributed by atoms with E-state index >= 15 is 0 Å². The zero-order chi connectivity index (χ0) is 9.97. The minimum absolute atomic E-state index is 0.214. The number of nitrogens with zero attached hydrogens (tertiary/aromatic N) is 2. The molecule has 4 nitrogen and oxygen atoms in total. The van der Waals surface area contributed by atoms with E-state index in [4.69, 9.17) is 0 Å². The maximum atomic E-state index is 11.2. The van der Waals surface area contributed by atoms with E-state index in [-0.39, 0.29) is 5.69 Å². The van der Waals surface area contributed by atoms with Crippen molar-refractivity contribution in [3.63, 3.8) is 0 Å². The van der Waals surface area contributed by atoms with Gasteiger partial charge in [-0.05, 0) is 24.1 Å². The largest absolute Gasteiger partial charge is 0.347 e. The monoisotopic (exact) mass is 189 g/mol. The van der Waals surface area contributed by atoms with Gasteiger partial charge in [-0.1, -0.05) is 19.1 Å². The molecule has 0 saturated heterocycles. The predicted octanol–water partition coefficient (Wildman–Crippen LogP) is 1.12. The van der Waals surface area contributed by atoms with Crippen molar-refractivity contribution in [3.05, 3.63) is 46.6 Å². The van der Waals surface area contributed by atoms with Crippen LogP contribution in [-0.2, 0) is 6.42 Å². The number of hydrogen-bond acceptors (Lipinski definition) is 2. The van der Waals surface area contributed by atoms with E-state index in [9.17, 15) is 4.79 Å². The Morgan fingerprint density at radius 2 is 2.07 bits per heavy atom. The average molecular weight is 189 g/mol. The Morgan fingerprint density at radius 3 is 2.57 bits per heavy atom. The molecule has 0 saturated carbocycles. The lowest BCUT2D eigenvalue weighted by Gasteiger charge is -2.00. The normalized spacial score (nSPS) is 10.4. The molecule has 1 aromatic heterocycles. The molecule has 1 heterocycles. The van der Waals surface area contributed by atoms with Crippen LogP contribution in [0.25, 0.3) is 5.69 Å². The van der Waals surface area contributed by atoms with E-state index in [1.807, 2.05) is 24.3 Å². The number of hydrogen-bond donors (Lipinski definition) is 1. The number of aromatic nitrogens is 3. The van der Waals surface area contributed by atoms with Crippen LogP contribution in [0.3, 0.4) is 0 Å². The van der Waals surface area contributed by atoms with Crippen LogP contribution in [0, 0.1) is 0 Å². The molecule has 2 aromatic rings. The summed E-state index contributed by atoms with van der Waals surface area (Å²) >= 11 is 0. The van der Waals surface area contributed by atoms with E-state index in [0.717, 1.165) is 12.1 Å². The summed E-state index contributed by atoms with van der Waals surface area (Å²) in [4.78, 5) is 13.7. The van der Waals surface area contributed by atoms with Gasteiger partial charge in [0.05, 0.1) is 5.69 Å². The van der Waals surface area contributed by atoms with Gasteiger partial charge in [-0.15, -0.1) is 0 Å². The molecule has 0 unspecified atom stereocenters. The van der Waals surface area contributed by atoms with Gasteiger partial charge in [0.25, 0.3) is 0 Å². The van der Waals surface area contributed by atoms with Gasteiger partial charge >= 0.3 is 5.69 Å². The van der Waals surface area contributed by atoms with Crippen LogP contribution in [0.2, 0.25) is 0 Å². The van der Waals surface area contributed by atoms with Crippen LogP contribution in [0.1, 0.15) is 12.5 Å². The van der Waals surface area contributed by atoms with E-state index in [1.165, 1.54) is 16.6 Å². The molecule has 0 aliphatic carbocycles. The first-order chi connectivity index (χ1) is 6.81. The summed E-state index contributed by atoms with van der Waals surface area (Å²) < 4.78 is 1.33. The highest BCUT2D eigenvalue weighted by Gasteiger charge is 2.00. The van der Waals surface area contributed by atoms with Crippen molar-refractivity contribution in [1.29, 1.82) is 0 Å². The van der Waals surface area contributed by atoms with Crippen molar-refractivity contribution in [1.82, 2.24) is 14.8 Å². The molecule has 0 fully saturated rings. The molecule has 2 rings (SSSR count). The standard InChI is InChI=1S/C10H11N3O/c1-2-8-3-5-9(6-4-8)13-10(14)11-7-12-13/h3-7H,2H2,1H3,(H,11,12,14). The lowest BCUT2D eigenvalue weighted by atomic mass is 10.1. The Morgan fingerprint density at radius 1 is 1.36 bits per heavy atom. The molecule has 0 spiro atoms. The van der Waals surface area contributed by atoms with Crippen molar-refractivity contribution < 1.29 is 0 Å². The molecule has 1 aromatic carbocycles. The first-order valence-electron chi connectivity index (χ1n) is 4.53. The van der Waals surface area contributed by atoms with Crippen LogP contribution in [-0.4, -0.2) is 14.8 Å². The smallest absolute Gasteiger partial charge is 0.295 e. The molecule has 4 heteroatoms. The molecule has 72 valence electrons. The summed E-state index contributed by atoms with van der Waals surface area (Å²) in [6.45, 7) is 2.09. The molecule has 1 N–H and O–H groups in total. The van der Waals surface area contributed by atoms with Crippen molar-refractivity contribution in [2.75, 3.05) is 0 Å². The minimum Gasteiger partial charge on any atom is -0.295 e. The van der Waals surface area contributed by atoms with E-state index in [2.05, 4.69) is 17.0 Å². The Hall–Kier alpha value is -1.84. The Kier molecular flexibility index (Phi) is 2.18. The Bertz CT molecular complexity index is 467. The molecule has 0 amide bonds. The highest BCUT2D eigenvalue weighted by Crippen LogP contribution is 2.06. The second-order valence-corrected chi connectivity index (χ2v) is 3.03. The second-order valence-electron chi connectivity index (χ2n) is 3.03. The van der Waals surface area contributed by atoms with Gasteiger partial charge in [0, 0.05) is 0 Å². The fourth-order valence-corrected chi connectivity index (χ4v) is 1.31. The highest BCUT2D eigenvalue weighted by molar-refractivity contribution is 5.33. The summed E-state index contributed by atoms with van der Waals surface area (Å²) in [6, 6.07) is 7.77. The predicted molar refractivity (Wildman–Crippen MR) is 53.6 cm³/mol. The topological polar surface area (TPSA) is 50.7 Å².